The van der Waals surface area contributed by atoms with Crippen LogP contribution in [0.25, 0.3) is 11.3 Å². The van der Waals surface area contributed by atoms with Crippen molar-refractivity contribution in [2.75, 3.05) is 0 Å². The van der Waals surface area contributed by atoms with E-state index >= 15 is 0 Å². The molecule has 1 aromatic carbocycles. The van der Waals surface area contributed by atoms with E-state index in [0.717, 1.165) is 5.56 Å². The minimum atomic E-state index is 0.571. The number of rotatable bonds is 1. The molecule has 2 rings (SSSR count). The Labute approximate surface area is 85.1 Å². The number of benzene rings is 1. The van der Waals surface area contributed by atoms with Crippen LogP contribution in [-0.2, 0) is 0 Å². The maximum absolute atomic E-state index is 5.95. The second-order valence-electron chi connectivity index (χ2n) is 2.51. The lowest BCUT2D eigenvalue weighted by atomic mass is 10.1. The molecule has 66 valence electrons. The third-order valence-corrected chi connectivity index (χ3v) is 2.19. The predicted molar refractivity (Wildman–Crippen MR) is 52.0 cm³/mol. The van der Waals surface area contributed by atoms with Crippen LogP contribution < -0.4 is 0 Å². The molecule has 0 fully saturated rings. The average molecular weight is 214 g/mol. The van der Waals surface area contributed by atoms with Gasteiger partial charge in [0.05, 0.1) is 5.02 Å². The Hall–Kier alpha value is -0.990. The zero-order valence-corrected chi connectivity index (χ0v) is 8.01. The van der Waals surface area contributed by atoms with Gasteiger partial charge in [-0.25, -0.2) is 0 Å². The van der Waals surface area contributed by atoms with Gasteiger partial charge in [0.1, 0.15) is 12.0 Å². The molecule has 0 amide bonds. The summed E-state index contributed by atoms with van der Waals surface area (Å²) in [5, 5.41) is 4.95. The summed E-state index contributed by atoms with van der Waals surface area (Å²) in [4.78, 5) is 0. The number of hydrogen-bond acceptors (Lipinski definition) is 2. The van der Waals surface area contributed by atoms with Crippen molar-refractivity contribution in [1.29, 1.82) is 0 Å². The summed E-state index contributed by atoms with van der Waals surface area (Å²) in [7, 11) is 0. The molecule has 2 nitrogen and oxygen atoms in total. The third-order valence-electron chi connectivity index (χ3n) is 1.64. The van der Waals surface area contributed by atoms with Crippen LogP contribution in [0.4, 0.5) is 0 Å². The topological polar surface area (TPSA) is 26.0 Å². The fraction of sp³-hybridized carbons (Fsp3) is 0. The van der Waals surface area contributed by atoms with Gasteiger partial charge >= 0.3 is 0 Å². The van der Waals surface area contributed by atoms with E-state index in [4.69, 9.17) is 27.7 Å². The Bertz CT molecular complexity index is 412. The molecule has 4 heteroatoms. The molecule has 0 atom stereocenters. The minimum absolute atomic E-state index is 0.571. The highest BCUT2D eigenvalue weighted by Crippen LogP contribution is 2.28. The molecule has 0 unspecified atom stereocenters. The van der Waals surface area contributed by atoms with E-state index in [2.05, 4.69) is 5.16 Å². The summed E-state index contributed by atoms with van der Waals surface area (Å²) < 4.78 is 4.71. The molecule has 0 N–H and O–H groups in total. The van der Waals surface area contributed by atoms with Crippen LogP contribution in [-0.4, -0.2) is 5.16 Å². The van der Waals surface area contributed by atoms with Gasteiger partial charge in [0.2, 0.25) is 0 Å². The van der Waals surface area contributed by atoms with Gasteiger partial charge in [0.15, 0.2) is 0 Å². The first-order valence-electron chi connectivity index (χ1n) is 3.63. The van der Waals surface area contributed by atoms with Crippen LogP contribution >= 0.6 is 23.2 Å². The van der Waals surface area contributed by atoms with Gasteiger partial charge in [-0.1, -0.05) is 28.4 Å². The lowest BCUT2D eigenvalue weighted by Gasteiger charge is -1.99. The van der Waals surface area contributed by atoms with E-state index in [0.29, 0.717) is 15.7 Å². The van der Waals surface area contributed by atoms with E-state index < -0.39 is 0 Å². The minimum Gasteiger partial charge on any atom is -0.364 e. The van der Waals surface area contributed by atoms with Crippen LogP contribution in [0.5, 0.6) is 0 Å². The van der Waals surface area contributed by atoms with Crippen molar-refractivity contribution in [2.24, 2.45) is 0 Å². The smallest absolute Gasteiger partial charge is 0.124 e. The molecule has 0 bridgehead atoms. The fourth-order valence-electron chi connectivity index (χ4n) is 1.05. The summed E-state index contributed by atoms with van der Waals surface area (Å²) in [6.45, 7) is 0. The Morgan fingerprint density at radius 1 is 1.15 bits per heavy atom. The van der Waals surface area contributed by atoms with Crippen LogP contribution in [0.2, 0.25) is 10.0 Å². The number of nitrogens with zero attached hydrogens (tertiary/aromatic N) is 1. The van der Waals surface area contributed by atoms with Crippen molar-refractivity contribution in [1.82, 2.24) is 5.16 Å². The predicted octanol–water partition coefficient (Wildman–Crippen LogP) is 3.65. The molecular formula is C9H5Cl2NO. The Morgan fingerprint density at radius 3 is 2.62 bits per heavy atom. The molecule has 0 radical (unpaired) electrons. The summed E-state index contributed by atoms with van der Waals surface area (Å²) in [5.74, 6) is 0. The molecule has 0 aliphatic heterocycles. The molecule has 13 heavy (non-hydrogen) atoms. The molecule has 1 heterocycles. The molecule has 0 saturated carbocycles. The van der Waals surface area contributed by atoms with Crippen LogP contribution in [0.1, 0.15) is 0 Å². The van der Waals surface area contributed by atoms with Crippen molar-refractivity contribution in [3.05, 3.63) is 40.6 Å². The monoisotopic (exact) mass is 213 g/mol. The first-order chi connectivity index (χ1) is 6.27. The van der Waals surface area contributed by atoms with E-state index in [1.165, 1.54) is 6.26 Å². The van der Waals surface area contributed by atoms with Gasteiger partial charge < -0.3 is 4.52 Å². The zero-order valence-electron chi connectivity index (χ0n) is 6.50. The van der Waals surface area contributed by atoms with Crippen molar-refractivity contribution in [2.45, 2.75) is 0 Å². The van der Waals surface area contributed by atoms with E-state index in [9.17, 15) is 0 Å². The van der Waals surface area contributed by atoms with Crippen LogP contribution in [0.3, 0.4) is 0 Å². The van der Waals surface area contributed by atoms with Crippen molar-refractivity contribution < 1.29 is 4.52 Å². The summed E-state index contributed by atoms with van der Waals surface area (Å²) in [6, 6.07) is 6.99. The lowest BCUT2D eigenvalue weighted by Crippen LogP contribution is -1.78. The largest absolute Gasteiger partial charge is 0.364 e. The molecule has 0 aliphatic carbocycles. The van der Waals surface area contributed by atoms with Gasteiger partial charge in [0, 0.05) is 16.7 Å². The highest BCUT2D eigenvalue weighted by atomic mass is 35.5. The summed E-state index contributed by atoms with van der Waals surface area (Å²) in [5.41, 5.74) is 1.53. The first-order valence-corrected chi connectivity index (χ1v) is 4.39. The van der Waals surface area contributed by atoms with Gasteiger partial charge in [0.25, 0.3) is 0 Å². The lowest BCUT2D eigenvalue weighted by molar-refractivity contribution is 0.422. The van der Waals surface area contributed by atoms with Gasteiger partial charge in [-0.15, -0.1) is 0 Å². The Kier molecular flexibility index (Phi) is 2.25. The van der Waals surface area contributed by atoms with Crippen molar-refractivity contribution in [3.8, 4) is 11.3 Å². The maximum Gasteiger partial charge on any atom is 0.124 e. The highest BCUT2D eigenvalue weighted by Gasteiger charge is 2.05. The quantitative estimate of drug-likeness (QED) is 0.723. The van der Waals surface area contributed by atoms with E-state index in [1.807, 2.05) is 6.07 Å². The molecule has 1 aromatic heterocycles. The molecule has 0 aliphatic rings. The summed E-state index contributed by atoms with van der Waals surface area (Å²) >= 11 is 11.7. The number of hydrogen-bond donors (Lipinski definition) is 0. The average Bonchev–Trinajstić information content (AvgIpc) is 2.56. The maximum atomic E-state index is 5.95. The summed E-state index contributed by atoms with van der Waals surface area (Å²) in [6.07, 6.45) is 1.50. The third kappa shape index (κ3) is 1.69. The van der Waals surface area contributed by atoms with Gasteiger partial charge in [-0.3, -0.25) is 0 Å². The second-order valence-corrected chi connectivity index (χ2v) is 3.35. The first kappa shape index (κ1) is 8.60. The van der Waals surface area contributed by atoms with Crippen LogP contribution in [0.15, 0.2) is 35.1 Å². The van der Waals surface area contributed by atoms with Crippen molar-refractivity contribution in [3.63, 3.8) is 0 Å². The standard InChI is InChI=1S/C9H5Cl2NO/c10-6-1-2-7(8(11)5-6)9-3-4-13-12-9/h1-5H. The zero-order chi connectivity index (χ0) is 9.26. The highest BCUT2D eigenvalue weighted by molar-refractivity contribution is 6.36. The molecule has 0 spiro atoms. The number of aromatic nitrogens is 1. The normalized spacial score (nSPS) is 10.3. The molecule has 0 saturated heterocycles. The molecule has 2 aromatic rings. The molecular weight excluding hydrogens is 209 g/mol. The van der Waals surface area contributed by atoms with E-state index in [1.54, 1.807) is 18.2 Å². The van der Waals surface area contributed by atoms with Crippen LogP contribution in [0, 0.1) is 0 Å². The fourth-order valence-corrected chi connectivity index (χ4v) is 1.55. The second kappa shape index (κ2) is 3.40. The Balaban J connectivity index is 2.53. The van der Waals surface area contributed by atoms with Gasteiger partial charge in [-0.05, 0) is 18.2 Å². The SMILES string of the molecule is Clc1ccc(-c2ccon2)c(Cl)c1. The number of halogens is 2. The van der Waals surface area contributed by atoms with E-state index in [-0.39, 0.29) is 0 Å². The van der Waals surface area contributed by atoms with Gasteiger partial charge in [-0.2, -0.15) is 0 Å². The Morgan fingerprint density at radius 2 is 2.00 bits per heavy atom. The van der Waals surface area contributed by atoms with Crippen molar-refractivity contribution >= 4 is 23.2 Å².